The summed E-state index contributed by atoms with van der Waals surface area (Å²) in [7, 11) is 1.53. The molecule has 0 saturated carbocycles. The van der Waals surface area contributed by atoms with E-state index in [1.807, 2.05) is 30.3 Å². The van der Waals surface area contributed by atoms with Crippen LogP contribution in [0.15, 0.2) is 54.7 Å². The number of nitrogens with one attached hydrogen (secondary N) is 1. The van der Waals surface area contributed by atoms with Gasteiger partial charge in [0.1, 0.15) is 11.8 Å². The second kappa shape index (κ2) is 6.76. The van der Waals surface area contributed by atoms with Crippen LogP contribution in [0.2, 0.25) is 5.02 Å². The van der Waals surface area contributed by atoms with Gasteiger partial charge in [-0.05, 0) is 17.7 Å². The van der Waals surface area contributed by atoms with Gasteiger partial charge in [0.25, 0.3) is 0 Å². The van der Waals surface area contributed by atoms with E-state index in [-0.39, 0.29) is 0 Å². The molecular formula is C18H14ClN2O3. The summed E-state index contributed by atoms with van der Waals surface area (Å²) in [6.45, 7) is 0. The highest BCUT2D eigenvalue weighted by Crippen LogP contribution is 2.34. The lowest BCUT2D eigenvalue weighted by Gasteiger charge is -2.20. The molecule has 121 valence electrons. The molecule has 0 fully saturated rings. The molecular weight excluding hydrogens is 328 g/mol. The lowest BCUT2D eigenvalue weighted by molar-refractivity contribution is 0.196. The molecule has 3 rings (SSSR count). The molecule has 2 N–H and O–H groups in total. The minimum atomic E-state index is -1.16. The zero-order valence-corrected chi connectivity index (χ0v) is 13.5. The number of fused-ring (bicyclic) bond motifs is 1. The Hall–Kier alpha value is -2.79. The summed E-state index contributed by atoms with van der Waals surface area (Å²) in [5.41, 5.74) is 1.98. The van der Waals surface area contributed by atoms with Crippen LogP contribution in [-0.4, -0.2) is 23.3 Å². The molecule has 5 nitrogen and oxygen atoms in total. The topological polar surface area (TPSA) is 71.5 Å². The first-order chi connectivity index (χ1) is 11.6. The molecule has 1 heterocycles. The molecule has 0 saturated heterocycles. The maximum Gasteiger partial charge on any atom is 0.405 e. The monoisotopic (exact) mass is 341 g/mol. The summed E-state index contributed by atoms with van der Waals surface area (Å²) >= 11 is 6.25. The van der Waals surface area contributed by atoms with Crippen molar-refractivity contribution in [3.8, 4) is 5.75 Å². The number of carbonyl (C=O) groups is 1. The second-order valence-electron chi connectivity index (χ2n) is 5.03. The summed E-state index contributed by atoms with van der Waals surface area (Å²) in [4.78, 5) is 15.5. The van der Waals surface area contributed by atoms with Crippen LogP contribution >= 0.6 is 11.6 Å². The number of methoxy groups -OCH3 is 1. The summed E-state index contributed by atoms with van der Waals surface area (Å²) in [5, 5.41) is 12.9. The van der Waals surface area contributed by atoms with E-state index in [2.05, 4.69) is 10.3 Å². The normalized spacial score (nSPS) is 10.8. The van der Waals surface area contributed by atoms with Crippen molar-refractivity contribution in [1.82, 2.24) is 10.3 Å². The van der Waals surface area contributed by atoms with Crippen LogP contribution in [0.3, 0.4) is 0 Å². The number of aromatic nitrogens is 1. The minimum Gasteiger partial charge on any atom is -0.496 e. The van der Waals surface area contributed by atoms with Gasteiger partial charge in [0.15, 0.2) is 0 Å². The van der Waals surface area contributed by atoms with E-state index in [9.17, 15) is 9.90 Å². The van der Waals surface area contributed by atoms with Gasteiger partial charge in [0.05, 0.1) is 17.6 Å². The first-order valence-electron chi connectivity index (χ1n) is 7.15. The van der Waals surface area contributed by atoms with Crippen molar-refractivity contribution in [3.05, 3.63) is 76.9 Å². The summed E-state index contributed by atoms with van der Waals surface area (Å²) in [5.74, 6) is 0.505. The minimum absolute atomic E-state index is 0.418. The first kappa shape index (κ1) is 16.1. The van der Waals surface area contributed by atoms with E-state index in [0.29, 0.717) is 27.9 Å². The fraction of sp³-hybridized carbons (Fsp3) is 0.0556. The highest BCUT2D eigenvalue weighted by Gasteiger charge is 2.23. The molecule has 1 amide bonds. The average molecular weight is 342 g/mol. The van der Waals surface area contributed by atoms with Crippen LogP contribution in [0.4, 0.5) is 4.79 Å². The molecule has 0 bridgehead atoms. The van der Waals surface area contributed by atoms with Gasteiger partial charge >= 0.3 is 6.09 Å². The SMILES string of the molecule is COc1cc2nccc(Cl)c2cc1[C](NC(=O)O)c1ccccc1. The van der Waals surface area contributed by atoms with Crippen molar-refractivity contribution in [1.29, 1.82) is 0 Å². The highest BCUT2D eigenvalue weighted by atomic mass is 35.5. The van der Waals surface area contributed by atoms with Crippen LogP contribution in [-0.2, 0) is 0 Å². The van der Waals surface area contributed by atoms with Gasteiger partial charge in [-0.2, -0.15) is 0 Å². The van der Waals surface area contributed by atoms with E-state index in [4.69, 9.17) is 16.3 Å². The zero-order valence-electron chi connectivity index (χ0n) is 12.8. The largest absolute Gasteiger partial charge is 0.496 e. The van der Waals surface area contributed by atoms with Crippen LogP contribution in [0.1, 0.15) is 11.1 Å². The molecule has 0 spiro atoms. The third kappa shape index (κ3) is 3.12. The predicted octanol–water partition coefficient (Wildman–Crippen LogP) is 4.09. The highest BCUT2D eigenvalue weighted by molar-refractivity contribution is 6.35. The lowest BCUT2D eigenvalue weighted by atomic mass is 9.96. The zero-order chi connectivity index (χ0) is 17.1. The van der Waals surface area contributed by atoms with Gasteiger partial charge in [-0.1, -0.05) is 41.9 Å². The second-order valence-corrected chi connectivity index (χ2v) is 5.44. The van der Waals surface area contributed by atoms with Crippen LogP contribution in [0, 0.1) is 6.04 Å². The molecule has 0 aliphatic rings. The number of nitrogens with zero attached hydrogens (tertiary/aromatic N) is 1. The summed E-state index contributed by atoms with van der Waals surface area (Å²) < 4.78 is 5.44. The maximum atomic E-state index is 11.3. The van der Waals surface area contributed by atoms with Crippen molar-refractivity contribution in [2.24, 2.45) is 0 Å². The predicted molar refractivity (Wildman–Crippen MR) is 92.4 cm³/mol. The Balaban J connectivity index is 2.22. The quantitative estimate of drug-likeness (QED) is 0.749. The Morgan fingerprint density at radius 3 is 2.62 bits per heavy atom. The van der Waals surface area contributed by atoms with E-state index in [1.54, 1.807) is 24.4 Å². The van der Waals surface area contributed by atoms with E-state index >= 15 is 0 Å². The fourth-order valence-corrected chi connectivity index (χ4v) is 2.72. The van der Waals surface area contributed by atoms with Gasteiger partial charge in [0, 0.05) is 23.2 Å². The van der Waals surface area contributed by atoms with Crippen LogP contribution < -0.4 is 10.1 Å². The third-order valence-electron chi connectivity index (χ3n) is 3.57. The number of halogens is 1. The molecule has 2 aromatic carbocycles. The Bertz CT molecular complexity index is 884. The standard InChI is InChI=1S/C18H14ClN2O3/c1-24-16-10-15-12(14(19)7-8-20-15)9-13(16)17(21-18(22)23)11-5-3-2-4-6-11/h2-10,21H,1H3,(H,22,23). The molecule has 6 heteroatoms. The van der Waals surface area contributed by atoms with Gasteiger partial charge in [-0.3, -0.25) is 4.98 Å². The van der Waals surface area contributed by atoms with Crippen molar-refractivity contribution in [3.63, 3.8) is 0 Å². The van der Waals surface area contributed by atoms with E-state index < -0.39 is 6.09 Å². The number of amides is 1. The molecule has 1 aromatic heterocycles. The Morgan fingerprint density at radius 1 is 1.21 bits per heavy atom. The maximum absolute atomic E-state index is 11.3. The molecule has 1 radical (unpaired) electrons. The van der Waals surface area contributed by atoms with Gasteiger partial charge < -0.3 is 15.2 Å². The van der Waals surface area contributed by atoms with E-state index in [0.717, 1.165) is 10.9 Å². The number of carboxylic acid groups (broad SMARTS) is 1. The number of hydrogen-bond donors (Lipinski definition) is 2. The van der Waals surface area contributed by atoms with Gasteiger partial charge in [-0.15, -0.1) is 0 Å². The molecule has 0 atom stereocenters. The van der Waals surface area contributed by atoms with E-state index in [1.165, 1.54) is 7.11 Å². The van der Waals surface area contributed by atoms with Gasteiger partial charge in [0.2, 0.25) is 0 Å². The van der Waals surface area contributed by atoms with Crippen molar-refractivity contribution in [2.75, 3.05) is 7.11 Å². The number of rotatable bonds is 4. The first-order valence-corrected chi connectivity index (χ1v) is 7.53. The number of ether oxygens (including phenoxy) is 1. The molecule has 0 unspecified atom stereocenters. The van der Waals surface area contributed by atoms with Crippen molar-refractivity contribution < 1.29 is 14.6 Å². The number of hydrogen-bond acceptors (Lipinski definition) is 3. The molecule has 3 aromatic rings. The van der Waals surface area contributed by atoms with Crippen LogP contribution in [0.5, 0.6) is 5.75 Å². The number of benzene rings is 2. The van der Waals surface area contributed by atoms with Gasteiger partial charge in [-0.25, -0.2) is 4.79 Å². The van der Waals surface area contributed by atoms with Crippen LogP contribution in [0.25, 0.3) is 10.9 Å². The third-order valence-corrected chi connectivity index (χ3v) is 3.90. The Labute approximate surface area is 143 Å². The smallest absolute Gasteiger partial charge is 0.405 e. The fourth-order valence-electron chi connectivity index (χ4n) is 2.51. The van der Waals surface area contributed by atoms with Crippen molar-refractivity contribution >= 4 is 28.6 Å². The summed E-state index contributed by atoms with van der Waals surface area (Å²) in [6.07, 6.45) is 0.453. The molecule has 24 heavy (non-hydrogen) atoms. The average Bonchev–Trinajstić information content (AvgIpc) is 2.60. The number of pyridine rings is 1. The summed E-state index contributed by atoms with van der Waals surface area (Å²) in [6, 6.07) is 14.8. The Morgan fingerprint density at radius 2 is 1.96 bits per heavy atom. The van der Waals surface area contributed by atoms with Crippen molar-refractivity contribution in [2.45, 2.75) is 0 Å². The molecule has 0 aliphatic heterocycles. The molecule has 0 aliphatic carbocycles. The Kier molecular flexibility index (Phi) is 4.53. The lowest BCUT2D eigenvalue weighted by Crippen LogP contribution is -2.28.